The standard InChI is InChI=1S/C24H34N2O5S/c1-4-10-25(14-18(27)16-29-2)15-24(28)26-11-8-23-21(9-12-32-23)22(26)17-31-20-7-5-6-19(13-20)30-3/h5-7,9,12-13,18,22,27H,4,8,10-11,14-17H2,1-3H3/t18-,22+/m1/s1. The fourth-order valence-electron chi connectivity index (χ4n) is 4.12. The molecule has 0 unspecified atom stereocenters. The summed E-state index contributed by atoms with van der Waals surface area (Å²) in [5, 5.41) is 12.2. The molecule has 0 spiro atoms. The number of aliphatic hydroxyl groups is 1. The van der Waals surface area contributed by atoms with Gasteiger partial charge in [0.1, 0.15) is 18.1 Å². The first-order valence-electron chi connectivity index (χ1n) is 11.1. The highest BCUT2D eigenvalue weighted by Gasteiger charge is 2.33. The number of aliphatic hydroxyl groups excluding tert-OH is 1. The number of fused-ring (bicyclic) bond motifs is 1. The smallest absolute Gasteiger partial charge is 0.237 e. The number of benzene rings is 1. The Bertz CT molecular complexity index is 858. The van der Waals surface area contributed by atoms with E-state index in [-0.39, 0.29) is 25.1 Å². The summed E-state index contributed by atoms with van der Waals surface area (Å²) in [7, 11) is 3.20. The molecule has 2 heterocycles. The number of carbonyl (C=O) groups excluding carboxylic acids is 1. The Morgan fingerprint density at radius 1 is 1.31 bits per heavy atom. The normalized spacial score (nSPS) is 16.7. The molecule has 0 saturated heterocycles. The summed E-state index contributed by atoms with van der Waals surface area (Å²) in [4.78, 5) is 18.6. The van der Waals surface area contributed by atoms with E-state index in [0.29, 0.717) is 19.7 Å². The van der Waals surface area contributed by atoms with Crippen molar-refractivity contribution in [1.29, 1.82) is 0 Å². The van der Waals surface area contributed by atoms with E-state index >= 15 is 0 Å². The molecule has 176 valence electrons. The number of methoxy groups -OCH3 is 2. The molecule has 0 aliphatic carbocycles. The molecule has 8 heteroatoms. The predicted molar refractivity (Wildman–Crippen MR) is 126 cm³/mol. The second-order valence-corrected chi connectivity index (χ2v) is 8.99. The van der Waals surface area contributed by atoms with E-state index in [1.54, 1.807) is 25.6 Å². The van der Waals surface area contributed by atoms with E-state index in [1.807, 2.05) is 34.1 Å². The SMILES string of the molecule is CCCN(CC(=O)N1CCc2sccc2[C@@H]1COc1cccc(OC)c1)C[C@@H](O)COC. The first kappa shape index (κ1) is 24.5. The Labute approximate surface area is 194 Å². The lowest BCUT2D eigenvalue weighted by molar-refractivity contribution is -0.136. The van der Waals surface area contributed by atoms with E-state index in [4.69, 9.17) is 14.2 Å². The molecular formula is C24H34N2O5S. The molecule has 32 heavy (non-hydrogen) atoms. The highest BCUT2D eigenvalue weighted by Crippen LogP contribution is 2.34. The lowest BCUT2D eigenvalue weighted by Crippen LogP contribution is -2.48. The third kappa shape index (κ3) is 6.45. The Kier molecular flexibility index (Phi) is 9.35. The highest BCUT2D eigenvalue weighted by atomic mass is 32.1. The molecule has 0 saturated carbocycles. The maximum Gasteiger partial charge on any atom is 0.237 e. The average molecular weight is 463 g/mol. The third-order valence-corrected chi connectivity index (χ3v) is 6.59. The molecule has 1 aliphatic rings. The van der Waals surface area contributed by atoms with Crippen molar-refractivity contribution in [2.75, 3.05) is 53.6 Å². The summed E-state index contributed by atoms with van der Waals surface area (Å²) in [5.41, 5.74) is 1.17. The van der Waals surface area contributed by atoms with Gasteiger partial charge in [-0.2, -0.15) is 0 Å². The van der Waals surface area contributed by atoms with Gasteiger partial charge in [-0.25, -0.2) is 0 Å². The Morgan fingerprint density at radius 3 is 2.88 bits per heavy atom. The highest BCUT2D eigenvalue weighted by molar-refractivity contribution is 7.10. The summed E-state index contributed by atoms with van der Waals surface area (Å²) in [6.07, 6.45) is 1.15. The van der Waals surface area contributed by atoms with Crippen LogP contribution in [0.4, 0.5) is 0 Å². The van der Waals surface area contributed by atoms with Gasteiger partial charge >= 0.3 is 0 Å². The summed E-state index contributed by atoms with van der Waals surface area (Å²) in [5.74, 6) is 1.51. The van der Waals surface area contributed by atoms with Crippen LogP contribution >= 0.6 is 11.3 Å². The summed E-state index contributed by atoms with van der Waals surface area (Å²) in [6.45, 7) is 4.80. The minimum absolute atomic E-state index is 0.0548. The number of amides is 1. The second kappa shape index (κ2) is 12.2. The predicted octanol–water partition coefficient (Wildman–Crippen LogP) is 2.98. The molecule has 1 aromatic carbocycles. The van der Waals surface area contributed by atoms with Crippen molar-refractivity contribution in [3.63, 3.8) is 0 Å². The summed E-state index contributed by atoms with van der Waals surface area (Å²) in [6, 6.07) is 9.47. The van der Waals surface area contributed by atoms with E-state index in [2.05, 4.69) is 18.4 Å². The maximum atomic E-state index is 13.4. The van der Waals surface area contributed by atoms with Crippen LogP contribution in [0.3, 0.4) is 0 Å². The van der Waals surface area contributed by atoms with E-state index in [0.717, 1.165) is 30.9 Å². The average Bonchev–Trinajstić information content (AvgIpc) is 3.27. The van der Waals surface area contributed by atoms with Gasteiger partial charge in [-0.15, -0.1) is 11.3 Å². The molecule has 3 rings (SSSR count). The van der Waals surface area contributed by atoms with E-state index in [1.165, 1.54) is 10.4 Å². The lowest BCUT2D eigenvalue weighted by atomic mass is 10.0. The van der Waals surface area contributed by atoms with Gasteiger partial charge in [-0.1, -0.05) is 13.0 Å². The number of nitrogens with zero attached hydrogens (tertiary/aromatic N) is 2. The first-order chi connectivity index (χ1) is 15.5. The topological polar surface area (TPSA) is 71.5 Å². The van der Waals surface area contributed by atoms with Gasteiger partial charge in [0.05, 0.1) is 32.4 Å². The third-order valence-electron chi connectivity index (χ3n) is 5.59. The van der Waals surface area contributed by atoms with Crippen molar-refractivity contribution in [1.82, 2.24) is 9.80 Å². The van der Waals surface area contributed by atoms with Crippen molar-refractivity contribution in [3.05, 3.63) is 46.2 Å². The van der Waals surface area contributed by atoms with Crippen LogP contribution in [0.1, 0.15) is 29.8 Å². The quantitative estimate of drug-likeness (QED) is 0.523. The van der Waals surface area contributed by atoms with Gasteiger partial charge in [-0.3, -0.25) is 9.69 Å². The molecule has 1 amide bonds. The van der Waals surface area contributed by atoms with Gasteiger partial charge in [0, 0.05) is 31.1 Å². The monoisotopic (exact) mass is 462 g/mol. The zero-order valence-corrected chi connectivity index (χ0v) is 20.0. The van der Waals surface area contributed by atoms with Crippen LogP contribution in [0.2, 0.25) is 0 Å². The van der Waals surface area contributed by atoms with Crippen LogP contribution in [0, 0.1) is 0 Å². The molecule has 1 aromatic heterocycles. The molecule has 0 fully saturated rings. The second-order valence-electron chi connectivity index (χ2n) is 7.99. The van der Waals surface area contributed by atoms with Crippen LogP contribution in [-0.4, -0.2) is 80.5 Å². The first-order valence-corrected chi connectivity index (χ1v) is 12.0. The Morgan fingerprint density at radius 2 is 2.12 bits per heavy atom. The van der Waals surface area contributed by atoms with Crippen molar-refractivity contribution >= 4 is 17.2 Å². The molecule has 1 N–H and O–H groups in total. The van der Waals surface area contributed by atoms with Crippen molar-refractivity contribution in [3.8, 4) is 11.5 Å². The van der Waals surface area contributed by atoms with Crippen LogP contribution < -0.4 is 9.47 Å². The fourth-order valence-corrected chi connectivity index (χ4v) is 5.05. The summed E-state index contributed by atoms with van der Waals surface area (Å²) < 4.78 is 16.4. The minimum Gasteiger partial charge on any atom is -0.497 e. The van der Waals surface area contributed by atoms with Crippen LogP contribution in [-0.2, 0) is 16.0 Å². The van der Waals surface area contributed by atoms with Crippen molar-refractivity contribution in [2.45, 2.75) is 31.9 Å². The number of hydrogen-bond donors (Lipinski definition) is 1. The Hall–Kier alpha value is -2.13. The number of thiophene rings is 1. The molecule has 0 bridgehead atoms. The fraction of sp³-hybridized carbons (Fsp3) is 0.542. The van der Waals surface area contributed by atoms with Gasteiger partial charge in [0.25, 0.3) is 0 Å². The van der Waals surface area contributed by atoms with Crippen molar-refractivity contribution < 1.29 is 24.1 Å². The minimum atomic E-state index is -0.614. The lowest BCUT2D eigenvalue weighted by Gasteiger charge is -2.37. The van der Waals surface area contributed by atoms with Gasteiger partial charge in [0.2, 0.25) is 5.91 Å². The number of hydrogen-bond acceptors (Lipinski definition) is 7. The maximum absolute atomic E-state index is 13.4. The zero-order valence-electron chi connectivity index (χ0n) is 19.2. The molecular weight excluding hydrogens is 428 g/mol. The molecule has 2 atom stereocenters. The van der Waals surface area contributed by atoms with Gasteiger partial charge < -0.3 is 24.2 Å². The van der Waals surface area contributed by atoms with Crippen LogP contribution in [0.15, 0.2) is 35.7 Å². The van der Waals surface area contributed by atoms with E-state index < -0.39 is 6.10 Å². The molecule has 1 aliphatic heterocycles. The number of ether oxygens (including phenoxy) is 3. The van der Waals surface area contributed by atoms with Gasteiger partial charge in [-0.05, 0) is 48.5 Å². The van der Waals surface area contributed by atoms with Crippen molar-refractivity contribution in [2.24, 2.45) is 0 Å². The van der Waals surface area contributed by atoms with Crippen LogP contribution in [0.5, 0.6) is 11.5 Å². The molecule has 7 nitrogen and oxygen atoms in total. The van der Waals surface area contributed by atoms with E-state index in [9.17, 15) is 9.90 Å². The summed E-state index contributed by atoms with van der Waals surface area (Å²) >= 11 is 1.74. The largest absolute Gasteiger partial charge is 0.497 e. The number of rotatable bonds is 12. The molecule has 2 aromatic rings. The Balaban J connectivity index is 1.71. The van der Waals surface area contributed by atoms with Crippen LogP contribution in [0.25, 0.3) is 0 Å². The molecule has 0 radical (unpaired) electrons. The number of carbonyl (C=O) groups is 1. The van der Waals surface area contributed by atoms with Gasteiger partial charge in [0.15, 0.2) is 0 Å². The zero-order chi connectivity index (χ0) is 22.9.